The van der Waals surface area contributed by atoms with Gasteiger partial charge in [-0.2, -0.15) is 0 Å². The minimum absolute atomic E-state index is 0.625. The number of nitrogens with zero attached hydrogens (tertiary/aromatic N) is 3. The summed E-state index contributed by atoms with van der Waals surface area (Å²) < 4.78 is 8.35. The van der Waals surface area contributed by atoms with Crippen molar-refractivity contribution >= 4 is 43.7 Å². The molecule has 3 heterocycles. The van der Waals surface area contributed by atoms with Crippen LogP contribution in [0.1, 0.15) is 0 Å². The van der Waals surface area contributed by atoms with Gasteiger partial charge in [-0.3, -0.25) is 4.57 Å². The Morgan fingerprint density at radius 1 is 0.274 bits per heavy atom. The van der Waals surface area contributed by atoms with Crippen LogP contribution in [-0.2, 0) is 0 Å². The molecule has 0 aliphatic heterocycles. The van der Waals surface area contributed by atoms with Crippen molar-refractivity contribution in [3.63, 3.8) is 0 Å². The molecule has 0 saturated carbocycles. The number of benzene rings is 9. The van der Waals surface area contributed by atoms with Gasteiger partial charge in [0, 0.05) is 32.7 Å². The topological polar surface area (TPSA) is 43.9 Å². The Morgan fingerprint density at radius 2 is 0.710 bits per heavy atom. The smallest absolute Gasteiger partial charge is 0.235 e. The zero-order valence-corrected chi connectivity index (χ0v) is 33.6. The highest BCUT2D eigenvalue weighted by atomic mass is 16.3. The van der Waals surface area contributed by atoms with Crippen LogP contribution in [0.2, 0.25) is 0 Å². The Kier molecular flexibility index (Phi) is 8.46. The van der Waals surface area contributed by atoms with E-state index >= 15 is 0 Å². The Morgan fingerprint density at radius 3 is 1.35 bits per heavy atom. The van der Waals surface area contributed by atoms with E-state index in [9.17, 15) is 0 Å². The van der Waals surface area contributed by atoms with Crippen LogP contribution in [0.15, 0.2) is 229 Å². The molecule has 62 heavy (non-hydrogen) atoms. The summed E-state index contributed by atoms with van der Waals surface area (Å²) in [6.45, 7) is 0. The van der Waals surface area contributed by atoms with Gasteiger partial charge in [-0.1, -0.05) is 176 Å². The lowest BCUT2D eigenvalue weighted by Crippen LogP contribution is -2.04. The third-order valence-corrected chi connectivity index (χ3v) is 12.1. The highest BCUT2D eigenvalue weighted by Crippen LogP contribution is 2.38. The molecule has 4 heteroatoms. The molecule has 4 nitrogen and oxygen atoms in total. The summed E-state index contributed by atoms with van der Waals surface area (Å²) in [6.07, 6.45) is 0. The van der Waals surface area contributed by atoms with E-state index < -0.39 is 0 Å². The van der Waals surface area contributed by atoms with Gasteiger partial charge in [-0.05, 0) is 93.0 Å². The monoisotopic (exact) mass is 791 g/mol. The predicted molar refractivity (Wildman–Crippen MR) is 256 cm³/mol. The van der Waals surface area contributed by atoms with Crippen molar-refractivity contribution in [2.45, 2.75) is 0 Å². The standard InChI is InChI=1S/C58H37N3O/c1-3-12-38(13-4-1)40-22-26-42(27-23-40)52-37-53(43-28-24-41(25-29-43)39-14-5-2-6-15-39)60-58(59-52)61-54-20-9-7-18-48(54)50-35-46(30-32-55(50)61)44-16-11-17-45(34-44)47-31-33-57-51(36-47)49-19-8-10-21-56(49)62-57/h1-37H. The Balaban J connectivity index is 0.980. The summed E-state index contributed by atoms with van der Waals surface area (Å²) in [5.74, 6) is 0.625. The molecule has 0 saturated heterocycles. The number of fused-ring (bicyclic) bond motifs is 6. The van der Waals surface area contributed by atoms with Crippen molar-refractivity contribution in [1.82, 2.24) is 14.5 Å². The molecule has 3 aromatic heterocycles. The molecule has 12 aromatic rings. The molecule has 0 radical (unpaired) electrons. The maximum atomic E-state index is 6.13. The van der Waals surface area contributed by atoms with Crippen molar-refractivity contribution in [3.05, 3.63) is 224 Å². The Hall–Kier alpha value is -8.34. The van der Waals surface area contributed by atoms with E-state index in [4.69, 9.17) is 14.4 Å². The molecule has 12 rings (SSSR count). The lowest BCUT2D eigenvalue weighted by atomic mass is 9.97. The normalized spacial score (nSPS) is 11.5. The van der Waals surface area contributed by atoms with E-state index in [1.807, 2.05) is 24.3 Å². The summed E-state index contributed by atoms with van der Waals surface area (Å²) in [7, 11) is 0. The molecule has 0 spiro atoms. The summed E-state index contributed by atoms with van der Waals surface area (Å²) in [5, 5.41) is 4.55. The largest absolute Gasteiger partial charge is 0.456 e. The molecule has 0 unspecified atom stereocenters. The van der Waals surface area contributed by atoms with Crippen LogP contribution in [0.4, 0.5) is 0 Å². The van der Waals surface area contributed by atoms with Crippen LogP contribution in [0.25, 0.3) is 117 Å². The number of furan rings is 1. The van der Waals surface area contributed by atoms with E-state index in [1.165, 1.54) is 11.1 Å². The molecule has 0 fully saturated rings. The molecule has 0 aliphatic carbocycles. The average Bonchev–Trinajstić information content (AvgIpc) is 3.90. The van der Waals surface area contributed by atoms with Gasteiger partial charge in [-0.15, -0.1) is 0 Å². The second-order valence-electron chi connectivity index (χ2n) is 15.8. The van der Waals surface area contributed by atoms with E-state index in [0.717, 1.165) is 99.6 Å². The number of rotatable bonds is 7. The van der Waals surface area contributed by atoms with Gasteiger partial charge in [0.15, 0.2) is 0 Å². The minimum atomic E-state index is 0.625. The van der Waals surface area contributed by atoms with E-state index in [1.54, 1.807) is 0 Å². The van der Waals surface area contributed by atoms with Crippen LogP contribution < -0.4 is 0 Å². The average molecular weight is 792 g/mol. The second kappa shape index (κ2) is 14.7. The SMILES string of the molecule is c1ccc(-c2ccc(-c3cc(-c4ccc(-c5ccccc5)cc4)nc(-n4c5ccccc5c5cc(-c6cccc(-c7ccc8oc9ccccc9c8c7)c6)ccc54)n3)cc2)cc1. The number of hydrogen-bond donors (Lipinski definition) is 0. The van der Waals surface area contributed by atoms with Crippen molar-refractivity contribution in [3.8, 4) is 73.0 Å². The summed E-state index contributed by atoms with van der Waals surface area (Å²) in [6, 6.07) is 79.3. The highest BCUT2D eigenvalue weighted by molar-refractivity contribution is 6.10. The fourth-order valence-electron chi connectivity index (χ4n) is 8.91. The van der Waals surface area contributed by atoms with E-state index in [-0.39, 0.29) is 0 Å². The lowest BCUT2D eigenvalue weighted by Gasteiger charge is -2.13. The van der Waals surface area contributed by atoms with E-state index in [0.29, 0.717) is 5.95 Å². The first-order valence-electron chi connectivity index (χ1n) is 21.0. The van der Waals surface area contributed by atoms with Gasteiger partial charge >= 0.3 is 0 Å². The molecule has 0 atom stereocenters. The molecule has 0 aliphatic rings. The van der Waals surface area contributed by atoms with Crippen LogP contribution >= 0.6 is 0 Å². The van der Waals surface area contributed by atoms with Gasteiger partial charge in [0.2, 0.25) is 5.95 Å². The van der Waals surface area contributed by atoms with Gasteiger partial charge < -0.3 is 4.42 Å². The first kappa shape index (κ1) is 35.6. The van der Waals surface area contributed by atoms with Gasteiger partial charge in [0.25, 0.3) is 0 Å². The molecule has 290 valence electrons. The first-order chi connectivity index (χ1) is 30.7. The summed E-state index contributed by atoms with van der Waals surface area (Å²) in [5.41, 5.74) is 17.0. The van der Waals surface area contributed by atoms with Crippen LogP contribution in [-0.4, -0.2) is 14.5 Å². The maximum Gasteiger partial charge on any atom is 0.235 e. The molecule has 9 aromatic carbocycles. The molecule has 0 N–H and O–H groups in total. The quantitative estimate of drug-likeness (QED) is 0.161. The minimum Gasteiger partial charge on any atom is -0.456 e. The lowest BCUT2D eigenvalue weighted by molar-refractivity contribution is 0.669. The number of aromatic nitrogens is 3. The van der Waals surface area contributed by atoms with Crippen LogP contribution in [0.3, 0.4) is 0 Å². The molecular weight excluding hydrogens is 755 g/mol. The third kappa shape index (κ3) is 6.25. The molecular formula is C58H37N3O. The summed E-state index contributed by atoms with van der Waals surface area (Å²) in [4.78, 5) is 10.7. The summed E-state index contributed by atoms with van der Waals surface area (Å²) >= 11 is 0. The van der Waals surface area contributed by atoms with Crippen LogP contribution in [0.5, 0.6) is 0 Å². The van der Waals surface area contributed by atoms with Crippen molar-refractivity contribution in [2.75, 3.05) is 0 Å². The third-order valence-electron chi connectivity index (χ3n) is 12.1. The predicted octanol–water partition coefficient (Wildman–Crippen LogP) is 15.5. The Bertz CT molecular complexity index is 3500. The zero-order chi connectivity index (χ0) is 41.0. The highest BCUT2D eigenvalue weighted by Gasteiger charge is 2.18. The van der Waals surface area contributed by atoms with Gasteiger partial charge in [-0.25, -0.2) is 9.97 Å². The van der Waals surface area contributed by atoms with Gasteiger partial charge in [0.05, 0.1) is 22.4 Å². The number of hydrogen-bond acceptors (Lipinski definition) is 3. The van der Waals surface area contributed by atoms with Gasteiger partial charge in [0.1, 0.15) is 11.2 Å². The Labute approximate surface area is 358 Å². The number of para-hydroxylation sites is 2. The maximum absolute atomic E-state index is 6.13. The fourth-order valence-corrected chi connectivity index (χ4v) is 8.91. The first-order valence-corrected chi connectivity index (χ1v) is 21.0. The second-order valence-corrected chi connectivity index (χ2v) is 15.8. The van der Waals surface area contributed by atoms with Crippen molar-refractivity contribution in [2.24, 2.45) is 0 Å². The van der Waals surface area contributed by atoms with Crippen LogP contribution in [0, 0.1) is 0 Å². The van der Waals surface area contributed by atoms with Crippen molar-refractivity contribution < 1.29 is 4.42 Å². The molecule has 0 bridgehead atoms. The fraction of sp³-hybridized carbons (Fsp3) is 0. The van der Waals surface area contributed by atoms with Crippen molar-refractivity contribution in [1.29, 1.82) is 0 Å². The zero-order valence-electron chi connectivity index (χ0n) is 33.6. The molecule has 0 amide bonds. The van der Waals surface area contributed by atoms with E-state index in [2.05, 4.69) is 205 Å².